The first-order valence-corrected chi connectivity index (χ1v) is 6.82. The molecule has 3 rings (SSSR count). The van der Waals surface area contributed by atoms with Gasteiger partial charge in [0.2, 0.25) is 0 Å². The molecule has 0 amide bonds. The summed E-state index contributed by atoms with van der Waals surface area (Å²) in [4.78, 5) is 18.8. The van der Waals surface area contributed by atoms with Crippen molar-refractivity contribution in [1.82, 2.24) is 4.98 Å². The van der Waals surface area contributed by atoms with Gasteiger partial charge in [0.05, 0.1) is 11.9 Å². The van der Waals surface area contributed by atoms with Gasteiger partial charge in [0.25, 0.3) is 0 Å². The third-order valence-corrected chi connectivity index (χ3v) is 3.63. The van der Waals surface area contributed by atoms with Gasteiger partial charge in [0.15, 0.2) is 0 Å². The van der Waals surface area contributed by atoms with E-state index in [1.54, 1.807) is 24.3 Å². The Labute approximate surface area is 122 Å². The van der Waals surface area contributed by atoms with Crippen molar-refractivity contribution >= 4 is 17.2 Å². The molecule has 1 fully saturated rings. The molecule has 5 nitrogen and oxygen atoms in total. The van der Waals surface area contributed by atoms with Crippen molar-refractivity contribution in [2.75, 3.05) is 36.0 Å². The molecule has 1 saturated heterocycles. The molecule has 1 aliphatic rings. The fourth-order valence-corrected chi connectivity index (χ4v) is 2.50. The van der Waals surface area contributed by atoms with Crippen LogP contribution in [0.2, 0.25) is 0 Å². The molecule has 0 spiro atoms. The van der Waals surface area contributed by atoms with Crippen molar-refractivity contribution in [3.63, 3.8) is 0 Å². The Bertz CT molecular complexity index is 624. The van der Waals surface area contributed by atoms with Crippen LogP contribution < -0.4 is 9.80 Å². The normalized spacial score (nSPS) is 15.1. The smallest absolute Gasteiger partial charge is 0.146 e. The second kappa shape index (κ2) is 5.87. The van der Waals surface area contributed by atoms with Gasteiger partial charge in [-0.2, -0.15) is 0 Å². The van der Waals surface area contributed by atoms with Crippen LogP contribution in [-0.4, -0.2) is 31.2 Å². The van der Waals surface area contributed by atoms with E-state index in [1.165, 1.54) is 12.3 Å². The lowest BCUT2D eigenvalue weighted by Gasteiger charge is -2.36. The lowest BCUT2D eigenvalue weighted by molar-refractivity contribution is 0.596. The van der Waals surface area contributed by atoms with Crippen LogP contribution in [0.25, 0.3) is 0 Å². The highest BCUT2D eigenvalue weighted by Crippen LogP contribution is 2.22. The van der Waals surface area contributed by atoms with Crippen molar-refractivity contribution in [3.8, 4) is 0 Å². The summed E-state index contributed by atoms with van der Waals surface area (Å²) in [5, 5.41) is 2.84. The third-order valence-electron chi connectivity index (χ3n) is 3.63. The standard InChI is InChI=1S/C15H15FN4O/c16-13-3-1-2-4-14(13)19-7-9-20(10-8-19)15-6-5-12(18-21)11-17-15/h1-6,11H,7-10H2. The Kier molecular flexibility index (Phi) is 3.77. The lowest BCUT2D eigenvalue weighted by Crippen LogP contribution is -2.47. The third kappa shape index (κ3) is 2.84. The lowest BCUT2D eigenvalue weighted by atomic mass is 10.2. The molecule has 1 aliphatic heterocycles. The monoisotopic (exact) mass is 286 g/mol. The van der Waals surface area contributed by atoms with E-state index in [2.05, 4.69) is 15.1 Å². The number of para-hydroxylation sites is 1. The number of anilines is 2. The maximum absolute atomic E-state index is 13.8. The van der Waals surface area contributed by atoms with Crippen molar-refractivity contribution in [2.24, 2.45) is 5.18 Å². The van der Waals surface area contributed by atoms with E-state index in [1.807, 2.05) is 11.0 Å². The molecule has 0 bridgehead atoms. The van der Waals surface area contributed by atoms with Gasteiger partial charge >= 0.3 is 0 Å². The van der Waals surface area contributed by atoms with Crippen LogP contribution in [0.5, 0.6) is 0 Å². The number of rotatable bonds is 3. The van der Waals surface area contributed by atoms with Crippen LogP contribution in [0.15, 0.2) is 47.8 Å². The number of hydrogen-bond acceptors (Lipinski definition) is 5. The number of nitrogens with zero attached hydrogens (tertiary/aromatic N) is 4. The molecule has 108 valence electrons. The second-order valence-electron chi connectivity index (χ2n) is 4.89. The van der Waals surface area contributed by atoms with Crippen LogP contribution in [0, 0.1) is 10.7 Å². The molecule has 6 heteroatoms. The van der Waals surface area contributed by atoms with Gasteiger partial charge in [-0.15, -0.1) is 4.91 Å². The second-order valence-corrected chi connectivity index (χ2v) is 4.89. The Morgan fingerprint density at radius 3 is 2.33 bits per heavy atom. The summed E-state index contributed by atoms with van der Waals surface area (Å²) in [6.07, 6.45) is 1.46. The topological polar surface area (TPSA) is 48.8 Å². The predicted octanol–water partition coefficient (Wildman–Crippen LogP) is 2.95. The van der Waals surface area contributed by atoms with E-state index in [-0.39, 0.29) is 5.82 Å². The van der Waals surface area contributed by atoms with Gasteiger partial charge in [-0.3, -0.25) is 0 Å². The average molecular weight is 286 g/mol. The molecule has 0 unspecified atom stereocenters. The van der Waals surface area contributed by atoms with Crippen molar-refractivity contribution < 1.29 is 4.39 Å². The van der Waals surface area contributed by atoms with Crippen molar-refractivity contribution in [3.05, 3.63) is 53.3 Å². The Morgan fingerprint density at radius 1 is 1.00 bits per heavy atom. The van der Waals surface area contributed by atoms with Gasteiger partial charge in [-0.25, -0.2) is 9.37 Å². The molecular weight excluding hydrogens is 271 g/mol. The summed E-state index contributed by atoms with van der Waals surface area (Å²) in [5.41, 5.74) is 0.967. The fraction of sp³-hybridized carbons (Fsp3) is 0.267. The van der Waals surface area contributed by atoms with Crippen LogP contribution in [0.4, 0.5) is 21.6 Å². The zero-order valence-electron chi connectivity index (χ0n) is 11.4. The summed E-state index contributed by atoms with van der Waals surface area (Å²) in [5.74, 6) is 0.626. The van der Waals surface area contributed by atoms with Gasteiger partial charge in [-0.05, 0) is 29.4 Å². The van der Waals surface area contributed by atoms with Crippen LogP contribution in [-0.2, 0) is 0 Å². The minimum absolute atomic E-state index is 0.189. The molecular formula is C15H15FN4O. The molecule has 0 N–H and O–H groups in total. The van der Waals surface area contributed by atoms with Gasteiger partial charge in [0, 0.05) is 26.2 Å². The number of halogens is 1. The number of piperazine rings is 1. The molecule has 1 aromatic heterocycles. The molecule has 21 heavy (non-hydrogen) atoms. The summed E-state index contributed by atoms with van der Waals surface area (Å²) in [6.45, 7) is 2.98. The quantitative estimate of drug-likeness (QED) is 0.814. The Balaban J connectivity index is 1.67. The van der Waals surface area contributed by atoms with E-state index < -0.39 is 0 Å². The van der Waals surface area contributed by atoms with E-state index in [9.17, 15) is 9.30 Å². The van der Waals surface area contributed by atoms with Crippen LogP contribution >= 0.6 is 0 Å². The minimum atomic E-state index is -0.189. The van der Waals surface area contributed by atoms with Crippen LogP contribution in [0.3, 0.4) is 0 Å². The van der Waals surface area contributed by atoms with E-state index in [4.69, 9.17) is 0 Å². The summed E-state index contributed by atoms with van der Waals surface area (Å²) in [7, 11) is 0. The summed E-state index contributed by atoms with van der Waals surface area (Å²) < 4.78 is 13.8. The molecule has 2 heterocycles. The molecule has 2 aromatic rings. The van der Waals surface area contributed by atoms with E-state index in [0.29, 0.717) is 11.4 Å². The zero-order chi connectivity index (χ0) is 14.7. The Morgan fingerprint density at radius 2 is 1.71 bits per heavy atom. The number of aromatic nitrogens is 1. The first-order valence-electron chi connectivity index (χ1n) is 6.82. The number of pyridine rings is 1. The van der Waals surface area contributed by atoms with Crippen molar-refractivity contribution in [1.29, 1.82) is 0 Å². The predicted molar refractivity (Wildman–Crippen MR) is 80.5 cm³/mol. The number of benzene rings is 1. The molecule has 0 aliphatic carbocycles. The zero-order valence-corrected chi connectivity index (χ0v) is 11.4. The maximum Gasteiger partial charge on any atom is 0.146 e. The minimum Gasteiger partial charge on any atom is -0.366 e. The van der Waals surface area contributed by atoms with Gasteiger partial charge in [0.1, 0.15) is 17.3 Å². The highest BCUT2D eigenvalue weighted by atomic mass is 19.1. The largest absolute Gasteiger partial charge is 0.366 e. The van der Waals surface area contributed by atoms with Gasteiger partial charge < -0.3 is 9.80 Å². The van der Waals surface area contributed by atoms with E-state index >= 15 is 0 Å². The first-order chi connectivity index (χ1) is 10.3. The van der Waals surface area contributed by atoms with Crippen molar-refractivity contribution in [2.45, 2.75) is 0 Å². The summed E-state index contributed by atoms with van der Waals surface area (Å²) in [6, 6.07) is 10.3. The maximum atomic E-state index is 13.8. The molecule has 0 atom stereocenters. The Hall–Kier alpha value is -2.50. The SMILES string of the molecule is O=Nc1ccc(N2CCN(c3ccccc3F)CC2)nc1. The van der Waals surface area contributed by atoms with Crippen LogP contribution in [0.1, 0.15) is 0 Å². The fourth-order valence-electron chi connectivity index (χ4n) is 2.50. The van der Waals surface area contributed by atoms with Gasteiger partial charge in [-0.1, -0.05) is 12.1 Å². The average Bonchev–Trinajstić information content (AvgIpc) is 2.56. The molecule has 0 radical (unpaired) electrons. The molecule has 0 saturated carbocycles. The molecule has 1 aromatic carbocycles. The summed E-state index contributed by atoms with van der Waals surface area (Å²) >= 11 is 0. The highest BCUT2D eigenvalue weighted by molar-refractivity contribution is 5.51. The number of nitroso groups, excluding NO2 is 1. The highest BCUT2D eigenvalue weighted by Gasteiger charge is 2.20. The first kappa shape index (κ1) is 13.5. The number of hydrogen-bond donors (Lipinski definition) is 0. The van der Waals surface area contributed by atoms with E-state index in [0.717, 1.165) is 32.0 Å².